The molecule has 0 fully saturated rings. The summed E-state index contributed by atoms with van der Waals surface area (Å²) in [5.74, 6) is -0.544. The van der Waals surface area contributed by atoms with Gasteiger partial charge in [0.25, 0.3) is 11.6 Å². The summed E-state index contributed by atoms with van der Waals surface area (Å²) < 4.78 is 0.843. The molecule has 20 heavy (non-hydrogen) atoms. The van der Waals surface area contributed by atoms with Gasteiger partial charge in [-0.25, -0.2) is 0 Å². The highest BCUT2D eigenvalue weighted by Crippen LogP contribution is 2.25. The zero-order chi connectivity index (χ0) is 14.7. The van der Waals surface area contributed by atoms with E-state index in [0.717, 1.165) is 9.64 Å². The second kappa shape index (κ2) is 6.19. The number of nitrogens with one attached hydrogen (secondary N) is 1. The van der Waals surface area contributed by atoms with Gasteiger partial charge in [-0.2, -0.15) is 0 Å². The van der Waals surface area contributed by atoms with Gasteiger partial charge in [-0.3, -0.25) is 14.9 Å². The summed E-state index contributed by atoms with van der Waals surface area (Å²) in [7, 11) is 0. The van der Waals surface area contributed by atoms with E-state index in [1.54, 1.807) is 12.1 Å². The lowest BCUT2D eigenvalue weighted by Gasteiger charge is -2.07. The highest BCUT2D eigenvalue weighted by Gasteiger charge is 2.21. The molecule has 0 unspecified atom stereocenters. The predicted octanol–water partition coefficient (Wildman–Crippen LogP) is 4.11. The van der Waals surface area contributed by atoms with Crippen molar-refractivity contribution < 1.29 is 9.72 Å². The van der Waals surface area contributed by atoms with Gasteiger partial charge in [-0.1, -0.05) is 23.7 Å². The maximum Gasteiger partial charge on any atom is 0.283 e. The largest absolute Gasteiger partial charge is 0.321 e. The van der Waals surface area contributed by atoms with Crippen LogP contribution in [0.4, 0.5) is 11.4 Å². The van der Waals surface area contributed by atoms with Gasteiger partial charge in [-0.15, -0.1) is 0 Å². The normalized spacial score (nSPS) is 10.1. The summed E-state index contributed by atoms with van der Waals surface area (Å²) in [5, 5.41) is 13.8. The van der Waals surface area contributed by atoms with E-state index in [9.17, 15) is 14.9 Å². The summed E-state index contributed by atoms with van der Waals surface area (Å²) in [6.45, 7) is 0. The number of nitrogens with zero attached hydrogens (tertiary/aromatic N) is 1. The molecule has 1 amide bonds. The molecule has 0 bridgehead atoms. The van der Waals surface area contributed by atoms with Crippen molar-refractivity contribution in [2.75, 3.05) is 5.32 Å². The Kier molecular flexibility index (Phi) is 4.56. The molecule has 2 aromatic rings. The van der Waals surface area contributed by atoms with Crippen molar-refractivity contribution in [3.05, 3.63) is 66.7 Å². The third-order valence-electron chi connectivity index (χ3n) is 2.52. The number of nitro benzene ring substituents is 1. The maximum atomic E-state index is 12.1. The number of amides is 1. The highest BCUT2D eigenvalue weighted by molar-refractivity contribution is 14.1. The third-order valence-corrected chi connectivity index (χ3v) is 3.70. The van der Waals surface area contributed by atoms with Crippen LogP contribution in [0, 0.1) is 13.7 Å². The smallest absolute Gasteiger partial charge is 0.283 e. The summed E-state index contributed by atoms with van der Waals surface area (Å²) in [6, 6.07) is 11.1. The van der Waals surface area contributed by atoms with Crippen LogP contribution >= 0.6 is 34.2 Å². The van der Waals surface area contributed by atoms with Crippen LogP contribution in [0.2, 0.25) is 5.02 Å². The number of rotatable bonds is 3. The summed E-state index contributed by atoms with van der Waals surface area (Å²) >= 11 is 7.78. The van der Waals surface area contributed by atoms with Gasteiger partial charge in [0, 0.05) is 14.7 Å². The van der Waals surface area contributed by atoms with Crippen LogP contribution in [-0.2, 0) is 0 Å². The molecular formula is C13H8ClIN2O3. The minimum atomic E-state index is -0.628. The molecule has 5 nitrogen and oxygen atoms in total. The molecule has 0 atom stereocenters. The highest BCUT2D eigenvalue weighted by atomic mass is 127. The Balaban J connectivity index is 2.35. The van der Waals surface area contributed by atoms with Crippen molar-refractivity contribution in [3.8, 4) is 0 Å². The van der Waals surface area contributed by atoms with Gasteiger partial charge in [-0.05, 0) is 46.9 Å². The molecule has 0 spiro atoms. The summed E-state index contributed by atoms with van der Waals surface area (Å²) in [4.78, 5) is 22.5. The Morgan fingerprint density at radius 1 is 1.25 bits per heavy atom. The van der Waals surface area contributed by atoms with Crippen LogP contribution in [0.3, 0.4) is 0 Å². The van der Waals surface area contributed by atoms with Gasteiger partial charge in [0.05, 0.1) is 10.6 Å². The fourth-order valence-electron chi connectivity index (χ4n) is 1.60. The average molecular weight is 403 g/mol. The zero-order valence-electron chi connectivity index (χ0n) is 9.97. The van der Waals surface area contributed by atoms with Gasteiger partial charge >= 0.3 is 0 Å². The van der Waals surface area contributed by atoms with Crippen LogP contribution in [0.25, 0.3) is 0 Å². The van der Waals surface area contributed by atoms with E-state index < -0.39 is 10.8 Å². The number of carbonyl (C=O) groups is 1. The van der Waals surface area contributed by atoms with Crippen molar-refractivity contribution >= 4 is 51.5 Å². The lowest BCUT2D eigenvalue weighted by Crippen LogP contribution is -2.14. The molecule has 0 aliphatic heterocycles. The molecule has 0 heterocycles. The minimum Gasteiger partial charge on any atom is -0.321 e. The topological polar surface area (TPSA) is 72.2 Å². The summed E-state index contributed by atoms with van der Waals surface area (Å²) in [5.41, 5.74) is 0.252. The molecule has 1 N–H and O–H groups in total. The Hall–Kier alpha value is -1.67. The van der Waals surface area contributed by atoms with E-state index in [1.165, 1.54) is 12.1 Å². The molecule has 7 heteroatoms. The van der Waals surface area contributed by atoms with Crippen molar-refractivity contribution in [1.82, 2.24) is 0 Å². The molecule has 0 aliphatic rings. The Morgan fingerprint density at radius 3 is 2.60 bits per heavy atom. The van der Waals surface area contributed by atoms with Crippen molar-refractivity contribution in [1.29, 1.82) is 0 Å². The van der Waals surface area contributed by atoms with Crippen molar-refractivity contribution in [2.24, 2.45) is 0 Å². The lowest BCUT2D eigenvalue weighted by atomic mass is 10.1. The van der Waals surface area contributed by atoms with Crippen LogP contribution in [0.15, 0.2) is 42.5 Å². The second-order valence-corrected chi connectivity index (χ2v) is 5.45. The Labute approximate surface area is 133 Å². The maximum absolute atomic E-state index is 12.1. The molecule has 0 aliphatic carbocycles. The first kappa shape index (κ1) is 14.7. The fraction of sp³-hybridized carbons (Fsp3) is 0. The Bertz CT molecular complexity index is 691. The van der Waals surface area contributed by atoms with E-state index in [-0.39, 0.29) is 16.3 Å². The molecule has 2 rings (SSSR count). The van der Waals surface area contributed by atoms with Crippen LogP contribution in [0.5, 0.6) is 0 Å². The number of anilines is 1. The summed E-state index contributed by atoms with van der Waals surface area (Å²) in [6.07, 6.45) is 0. The van der Waals surface area contributed by atoms with Crippen molar-refractivity contribution in [3.63, 3.8) is 0 Å². The number of benzene rings is 2. The first-order valence-corrected chi connectivity index (χ1v) is 6.94. The third kappa shape index (κ3) is 3.26. The van der Waals surface area contributed by atoms with E-state index in [2.05, 4.69) is 27.9 Å². The number of hydrogen-bond donors (Lipinski definition) is 1. The number of para-hydroxylation sites is 1. The molecule has 0 aromatic heterocycles. The number of nitro groups is 1. The molecule has 2 aromatic carbocycles. The molecular weight excluding hydrogens is 395 g/mol. The molecule has 102 valence electrons. The first-order chi connectivity index (χ1) is 9.49. The average Bonchev–Trinajstić information content (AvgIpc) is 2.41. The van der Waals surface area contributed by atoms with Crippen LogP contribution in [-0.4, -0.2) is 10.8 Å². The quantitative estimate of drug-likeness (QED) is 0.477. The van der Waals surface area contributed by atoms with E-state index >= 15 is 0 Å². The first-order valence-electron chi connectivity index (χ1n) is 5.49. The van der Waals surface area contributed by atoms with E-state index in [1.807, 2.05) is 12.1 Å². The second-order valence-electron chi connectivity index (χ2n) is 3.85. The SMILES string of the molecule is O=C(Nc1ccccc1I)c1ccc(Cl)cc1[N+](=O)[O-]. The van der Waals surface area contributed by atoms with Gasteiger partial charge in [0.1, 0.15) is 5.56 Å². The van der Waals surface area contributed by atoms with E-state index in [4.69, 9.17) is 11.6 Å². The van der Waals surface area contributed by atoms with Gasteiger partial charge < -0.3 is 5.32 Å². The molecule has 0 saturated heterocycles. The van der Waals surface area contributed by atoms with Crippen LogP contribution < -0.4 is 5.32 Å². The number of hydrogen-bond acceptors (Lipinski definition) is 3. The van der Waals surface area contributed by atoms with Gasteiger partial charge in [0.2, 0.25) is 0 Å². The molecule has 0 saturated carbocycles. The fourth-order valence-corrected chi connectivity index (χ4v) is 2.29. The van der Waals surface area contributed by atoms with Gasteiger partial charge in [0.15, 0.2) is 0 Å². The molecule has 0 radical (unpaired) electrons. The van der Waals surface area contributed by atoms with Crippen LogP contribution in [0.1, 0.15) is 10.4 Å². The Morgan fingerprint density at radius 2 is 1.95 bits per heavy atom. The number of halogens is 2. The monoisotopic (exact) mass is 402 g/mol. The van der Waals surface area contributed by atoms with Crippen molar-refractivity contribution in [2.45, 2.75) is 0 Å². The standard InChI is InChI=1S/C13H8ClIN2O3/c14-8-5-6-9(12(7-8)17(19)20)13(18)16-11-4-2-1-3-10(11)15/h1-7H,(H,16,18). The minimum absolute atomic E-state index is 0.0287. The number of carbonyl (C=O) groups excluding carboxylic acids is 1. The lowest BCUT2D eigenvalue weighted by molar-refractivity contribution is -0.385. The predicted molar refractivity (Wildman–Crippen MR) is 85.2 cm³/mol. The van der Waals surface area contributed by atoms with E-state index in [0.29, 0.717) is 5.69 Å². The zero-order valence-corrected chi connectivity index (χ0v) is 12.9.